The van der Waals surface area contributed by atoms with Crippen LogP contribution in [0.5, 0.6) is 0 Å². The lowest BCUT2D eigenvalue weighted by atomic mass is 10.1. The molecule has 2 N–H and O–H groups in total. The van der Waals surface area contributed by atoms with Gasteiger partial charge in [-0.1, -0.05) is 0 Å². The molecular weight excluding hydrogens is 234 g/mol. The average Bonchev–Trinajstić information content (AvgIpc) is 2.39. The molecule has 0 bridgehead atoms. The van der Waals surface area contributed by atoms with Gasteiger partial charge in [-0.25, -0.2) is 0 Å². The quantitative estimate of drug-likeness (QED) is 0.777. The molecule has 2 aliphatic heterocycles. The topological polar surface area (TPSA) is 49.6 Å². The zero-order valence-electron chi connectivity index (χ0n) is 10.6. The number of rotatable bonds is 2. The van der Waals surface area contributed by atoms with E-state index in [1.54, 1.807) is 6.92 Å². The van der Waals surface area contributed by atoms with Crippen LogP contribution in [0.2, 0.25) is 0 Å². The Hall–Kier alpha value is -0.260. The molecule has 2 fully saturated rings. The Morgan fingerprint density at radius 2 is 1.82 bits per heavy atom. The second kappa shape index (κ2) is 6.07. The fourth-order valence-corrected chi connectivity index (χ4v) is 3.73. The normalized spacial score (nSPS) is 25.9. The summed E-state index contributed by atoms with van der Waals surface area (Å²) in [5.74, 6) is 2.69. The van der Waals surface area contributed by atoms with Crippen molar-refractivity contribution in [2.45, 2.75) is 31.8 Å². The van der Waals surface area contributed by atoms with Crippen molar-refractivity contribution in [3.05, 3.63) is 0 Å². The maximum Gasteiger partial charge on any atom is 0.239 e. The Labute approximate surface area is 108 Å². The van der Waals surface area contributed by atoms with E-state index in [-0.39, 0.29) is 11.9 Å². The summed E-state index contributed by atoms with van der Waals surface area (Å²) in [6.07, 6.45) is 2.62. The highest BCUT2D eigenvalue weighted by atomic mass is 32.2. The molecule has 0 radical (unpaired) electrons. The Balaban J connectivity index is 1.79. The van der Waals surface area contributed by atoms with Crippen LogP contribution >= 0.6 is 11.8 Å². The number of amides is 1. The molecular formula is C12H23N3OS. The van der Waals surface area contributed by atoms with Gasteiger partial charge in [0.05, 0.1) is 6.04 Å². The lowest BCUT2D eigenvalue weighted by molar-refractivity contribution is -0.134. The molecule has 1 atom stereocenters. The Morgan fingerprint density at radius 3 is 2.35 bits per heavy atom. The van der Waals surface area contributed by atoms with Crippen molar-refractivity contribution in [2.24, 2.45) is 5.73 Å². The van der Waals surface area contributed by atoms with Crippen LogP contribution in [0.25, 0.3) is 0 Å². The molecule has 17 heavy (non-hydrogen) atoms. The molecule has 98 valence electrons. The van der Waals surface area contributed by atoms with Crippen LogP contribution in [0.3, 0.4) is 0 Å². The minimum atomic E-state index is -0.354. The molecule has 0 aromatic rings. The van der Waals surface area contributed by atoms with Crippen LogP contribution < -0.4 is 5.73 Å². The summed E-state index contributed by atoms with van der Waals surface area (Å²) in [5, 5.41) is 0. The molecule has 0 aromatic carbocycles. The van der Waals surface area contributed by atoms with E-state index in [2.05, 4.69) is 16.7 Å². The van der Waals surface area contributed by atoms with Gasteiger partial charge in [-0.2, -0.15) is 11.8 Å². The third-order valence-corrected chi connectivity index (χ3v) is 4.77. The van der Waals surface area contributed by atoms with Gasteiger partial charge in [-0.15, -0.1) is 0 Å². The standard InChI is InChI=1S/C12H23N3OS/c1-10(13)12(16)15-6-4-14(5-7-15)11-2-8-17-9-3-11/h10-11H,2-9,13H2,1H3/t10-/m0/s1. The number of hydrogen-bond acceptors (Lipinski definition) is 4. The number of carbonyl (C=O) groups is 1. The van der Waals surface area contributed by atoms with E-state index >= 15 is 0 Å². The molecule has 0 unspecified atom stereocenters. The van der Waals surface area contributed by atoms with Crippen molar-refractivity contribution >= 4 is 17.7 Å². The van der Waals surface area contributed by atoms with Crippen LogP contribution in [0, 0.1) is 0 Å². The van der Waals surface area contributed by atoms with Crippen LogP contribution in [-0.2, 0) is 4.79 Å². The largest absolute Gasteiger partial charge is 0.339 e. The first-order chi connectivity index (χ1) is 8.18. The van der Waals surface area contributed by atoms with Gasteiger partial charge in [-0.05, 0) is 31.3 Å². The van der Waals surface area contributed by atoms with Gasteiger partial charge >= 0.3 is 0 Å². The van der Waals surface area contributed by atoms with E-state index in [4.69, 9.17) is 5.73 Å². The molecule has 1 amide bonds. The average molecular weight is 257 g/mol. The van der Waals surface area contributed by atoms with Gasteiger partial charge in [0.15, 0.2) is 0 Å². The highest BCUT2D eigenvalue weighted by Gasteiger charge is 2.27. The van der Waals surface area contributed by atoms with Gasteiger partial charge in [0.1, 0.15) is 0 Å². The smallest absolute Gasteiger partial charge is 0.239 e. The minimum absolute atomic E-state index is 0.101. The second-order valence-corrected chi connectivity index (χ2v) is 6.22. The predicted octanol–water partition coefficient (Wildman–Crippen LogP) is 0.373. The molecule has 0 saturated carbocycles. The van der Waals surface area contributed by atoms with E-state index in [0.29, 0.717) is 0 Å². The monoisotopic (exact) mass is 257 g/mol. The van der Waals surface area contributed by atoms with Gasteiger partial charge in [-0.3, -0.25) is 9.69 Å². The summed E-state index contributed by atoms with van der Waals surface area (Å²) in [5.41, 5.74) is 5.64. The summed E-state index contributed by atoms with van der Waals surface area (Å²) in [6.45, 7) is 5.52. The number of nitrogens with two attached hydrogens (primary N) is 1. The van der Waals surface area contributed by atoms with Crippen LogP contribution in [0.4, 0.5) is 0 Å². The zero-order valence-corrected chi connectivity index (χ0v) is 11.4. The summed E-state index contributed by atoms with van der Waals surface area (Å²) >= 11 is 2.06. The number of piperazine rings is 1. The van der Waals surface area contributed by atoms with E-state index in [0.717, 1.165) is 32.2 Å². The van der Waals surface area contributed by atoms with Crippen molar-refractivity contribution in [1.82, 2.24) is 9.80 Å². The van der Waals surface area contributed by atoms with E-state index in [1.165, 1.54) is 24.3 Å². The van der Waals surface area contributed by atoms with Crippen LogP contribution in [0.15, 0.2) is 0 Å². The first-order valence-electron chi connectivity index (χ1n) is 6.54. The highest BCUT2D eigenvalue weighted by Crippen LogP contribution is 2.22. The zero-order chi connectivity index (χ0) is 12.3. The molecule has 0 aliphatic carbocycles. The number of carbonyl (C=O) groups excluding carboxylic acids is 1. The lowest BCUT2D eigenvalue weighted by Crippen LogP contribution is -2.55. The fraction of sp³-hybridized carbons (Fsp3) is 0.917. The van der Waals surface area contributed by atoms with Crippen molar-refractivity contribution in [1.29, 1.82) is 0 Å². The summed E-state index contributed by atoms with van der Waals surface area (Å²) < 4.78 is 0. The van der Waals surface area contributed by atoms with E-state index in [9.17, 15) is 4.79 Å². The first-order valence-corrected chi connectivity index (χ1v) is 7.70. The van der Waals surface area contributed by atoms with E-state index < -0.39 is 0 Å². The predicted molar refractivity (Wildman–Crippen MR) is 72.1 cm³/mol. The molecule has 2 saturated heterocycles. The van der Waals surface area contributed by atoms with Crippen LogP contribution in [0.1, 0.15) is 19.8 Å². The maximum atomic E-state index is 11.8. The molecule has 0 aromatic heterocycles. The number of nitrogens with zero attached hydrogens (tertiary/aromatic N) is 2. The Morgan fingerprint density at radius 1 is 1.24 bits per heavy atom. The van der Waals surface area contributed by atoms with Crippen molar-refractivity contribution in [2.75, 3.05) is 37.7 Å². The highest BCUT2D eigenvalue weighted by molar-refractivity contribution is 7.99. The molecule has 2 aliphatic rings. The number of thioether (sulfide) groups is 1. The third kappa shape index (κ3) is 3.36. The molecule has 0 spiro atoms. The molecule has 2 rings (SSSR count). The minimum Gasteiger partial charge on any atom is -0.339 e. The molecule has 2 heterocycles. The summed E-state index contributed by atoms with van der Waals surface area (Å²) in [7, 11) is 0. The Kier molecular flexibility index (Phi) is 4.70. The van der Waals surface area contributed by atoms with E-state index in [1.807, 2.05) is 4.90 Å². The number of hydrogen-bond donors (Lipinski definition) is 1. The first kappa shape index (κ1) is 13.2. The van der Waals surface area contributed by atoms with Crippen molar-refractivity contribution in [3.63, 3.8) is 0 Å². The second-order valence-electron chi connectivity index (χ2n) is 4.99. The fourth-order valence-electron chi connectivity index (χ4n) is 2.65. The molecule has 5 heteroatoms. The van der Waals surface area contributed by atoms with Crippen molar-refractivity contribution in [3.8, 4) is 0 Å². The van der Waals surface area contributed by atoms with Crippen LogP contribution in [-0.4, -0.2) is 65.5 Å². The molecule has 4 nitrogen and oxygen atoms in total. The van der Waals surface area contributed by atoms with Gasteiger partial charge < -0.3 is 10.6 Å². The maximum absolute atomic E-state index is 11.8. The lowest BCUT2D eigenvalue weighted by Gasteiger charge is -2.41. The SMILES string of the molecule is C[C@H](N)C(=O)N1CCN(C2CCSCC2)CC1. The van der Waals surface area contributed by atoms with Gasteiger partial charge in [0.2, 0.25) is 5.91 Å². The third-order valence-electron chi connectivity index (χ3n) is 3.72. The van der Waals surface area contributed by atoms with Gasteiger partial charge in [0, 0.05) is 32.2 Å². The summed E-state index contributed by atoms with van der Waals surface area (Å²) in [4.78, 5) is 16.2. The summed E-state index contributed by atoms with van der Waals surface area (Å²) in [6, 6.07) is 0.399. The van der Waals surface area contributed by atoms with Gasteiger partial charge in [0.25, 0.3) is 0 Å². The van der Waals surface area contributed by atoms with Crippen molar-refractivity contribution < 1.29 is 4.79 Å². The Bertz CT molecular complexity index is 258.